The van der Waals surface area contributed by atoms with Crippen molar-refractivity contribution in [2.45, 2.75) is 44.6 Å². The molecule has 0 radical (unpaired) electrons. The standard InChI is InChI=1S/C14H22N4O3/c19-13(20)10-11-4-1-2-9-18(11)14(21)17-6-3-5-12-15-7-8-16-12/h7-8,11H,1-6,9-10H2,(H,15,16)(H,17,21)(H,19,20). The summed E-state index contributed by atoms with van der Waals surface area (Å²) < 4.78 is 0. The zero-order valence-corrected chi connectivity index (χ0v) is 12.0. The van der Waals surface area contributed by atoms with E-state index in [4.69, 9.17) is 5.11 Å². The number of rotatable bonds is 6. The minimum atomic E-state index is -0.850. The largest absolute Gasteiger partial charge is 0.481 e. The van der Waals surface area contributed by atoms with Gasteiger partial charge in [0.2, 0.25) is 0 Å². The monoisotopic (exact) mass is 294 g/mol. The van der Waals surface area contributed by atoms with Crippen LogP contribution >= 0.6 is 0 Å². The Labute approximate surface area is 123 Å². The summed E-state index contributed by atoms with van der Waals surface area (Å²) in [6, 6.07) is -0.332. The van der Waals surface area contributed by atoms with Gasteiger partial charge in [0.25, 0.3) is 0 Å². The first-order valence-electron chi connectivity index (χ1n) is 7.41. The summed E-state index contributed by atoms with van der Waals surface area (Å²) in [5.41, 5.74) is 0. The van der Waals surface area contributed by atoms with E-state index in [1.54, 1.807) is 17.3 Å². The van der Waals surface area contributed by atoms with E-state index >= 15 is 0 Å². The molecule has 1 saturated heterocycles. The van der Waals surface area contributed by atoms with Gasteiger partial charge in [-0.2, -0.15) is 0 Å². The maximum atomic E-state index is 12.1. The van der Waals surface area contributed by atoms with E-state index < -0.39 is 5.97 Å². The van der Waals surface area contributed by atoms with Gasteiger partial charge >= 0.3 is 12.0 Å². The lowest BCUT2D eigenvalue weighted by Crippen LogP contribution is -2.49. The van der Waals surface area contributed by atoms with Gasteiger partial charge in [-0.25, -0.2) is 9.78 Å². The molecule has 3 N–H and O–H groups in total. The quantitative estimate of drug-likeness (QED) is 0.690. The van der Waals surface area contributed by atoms with E-state index in [2.05, 4.69) is 15.3 Å². The van der Waals surface area contributed by atoms with Crippen LogP contribution in [-0.4, -0.2) is 51.1 Å². The van der Waals surface area contributed by atoms with Crippen LogP contribution in [0.2, 0.25) is 0 Å². The van der Waals surface area contributed by atoms with Gasteiger partial charge in [0.15, 0.2) is 0 Å². The number of H-pyrrole nitrogens is 1. The fourth-order valence-electron chi connectivity index (χ4n) is 2.67. The molecule has 2 amide bonds. The van der Waals surface area contributed by atoms with E-state index in [-0.39, 0.29) is 18.5 Å². The van der Waals surface area contributed by atoms with Crippen molar-refractivity contribution in [1.29, 1.82) is 0 Å². The summed E-state index contributed by atoms with van der Waals surface area (Å²) in [6.45, 7) is 1.21. The number of hydrogen-bond donors (Lipinski definition) is 3. The van der Waals surface area contributed by atoms with Crippen molar-refractivity contribution in [2.24, 2.45) is 0 Å². The molecule has 0 spiro atoms. The molecule has 1 atom stereocenters. The van der Waals surface area contributed by atoms with Gasteiger partial charge in [0.05, 0.1) is 6.42 Å². The van der Waals surface area contributed by atoms with Gasteiger partial charge in [-0.1, -0.05) is 0 Å². The Kier molecular flexibility index (Phi) is 5.59. The molecule has 21 heavy (non-hydrogen) atoms. The molecule has 0 aromatic carbocycles. The van der Waals surface area contributed by atoms with Gasteiger partial charge in [-0.05, 0) is 25.7 Å². The lowest BCUT2D eigenvalue weighted by atomic mass is 10.00. The molecule has 2 heterocycles. The SMILES string of the molecule is O=C(O)CC1CCCCN1C(=O)NCCCc1ncc[nH]1. The number of nitrogens with one attached hydrogen (secondary N) is 2. The molecule has 0 bridgehead atoms. The molecule has 0 aliphatic carbocycles. The molecule has 1 aromatic rings. The first-order chi connectivity index (χ1) is 10.2. The predicted molar refractivity (Wildman–Crippen MR) is 76.9 cm³/mol. The number of amides is 2. The van der Waals surface area contributed by atoms with Crippen LogP contribution < -0.4 is 5.32 Å². The number of carbonyl (C=O) groups excluding carboxylic acids is 1. The number of aryl methyl sites for hydroxylation is 1. The molecule has 0 saturated carbocycles. The molecule has 7 nitrogen and oxygen atoms in total. The fourth-order valence-corrected chi connectivity index (χ4v) is 2.67. The highest BCUT2D eigenvalue weighted by atomic mass is 16.4. The molecule has 7 heteroatoms. The van der Waals surface area contributed by atoms with E-state index in [0.29, 0.717) is 13.1 Å². The highest BCUT2D eigenvalue weighted by Crippen LogP contribution is 2.19. The summed E-state index contributed by atoms with van der Waals surface area (Å²) in [7, 11) is 0. The number of likely N-dealkylation sites (tertiary alicyclic amines) is 1. The second-order valence-electron chi connectivity index (χ2n) is 5.31. The van der Waals surface area contributed by atoms with E-state index in [1.165, 1.54) is 0 Å². The zero-order valence-electron chi connectivity index (χ0n) is 12.0. The van der Waals surface area contributed by atoms with Gasteiger partial charge in [-0.15, -0.1) is 0 Å². The summed E-state index contributed by atoms with van der Waals surface area (Å²) in [4.78, 5) is 31.8. The zero-order chi connectivity index (χ0) is 15.1. The van der Waals surface area contributed by atoms with Crippen molar-refractivity contribution in [1.82, 2.24) is 20.2 Å². The van der Waals surface area contributed by atoms with Crippen LogP contribution in [-0.2, 0) is 11.2 Å². The Morgan fingerprint density at radius 2 is 2.33 bits per heavy atom. The topological polar surface area (TPSA) is 98.3 Å². The molecule has 1 fully saturated rings. The molecular formula is C14H22N4O3. The minimum absolute atomic E-state index is 0.0276. The average Bonchev–Trinajstić information content (AvgIpc) is 2.96. The van der Waals surface area contributed by atoms with Crippen LogP contribution in [0.5, 0.6) is 0 Å². The Balaban J connectivity index is 1.73. The molecule has 1 unspecified atom stereocenters. The van der Waals surface area contributed by atoms with Crippen molar-refractivity contribution >= 4 is 12.0 Å². The Morgan fingerprint density at radius 3 is 3.05 bits per heavy atom. The summed E-state index contributed by atoms with van der Waals surface area (Å²) >= 11 is 0. The van der Waals surface area contributed by atoms with E-state index in [1.807, 2.05) is 0 Å². The van der Waals surface area contributed by atoms with Crippen molar-refractivity contribution in [3.8, 4) is 0 Å². The second kappa shape index (κ2) is 7.66. The highest BCUT2D eigenvalue weighted by Gasteiger charge is 2.28. The average molecular weight is 294 g/mol. The van der Waals surface area contributed by atoms with Crippen LogP contribution in [0.15, 0.2) is 12.4 Å². The number of aliphatic carboxylic acids is 1. The summed E-state index contributed by atoms with van der Waals surface area (Å²) in [5, 5.41) is 11.8. The molecule has 1 aliphatic rings. The lowest BCUT2D eigenvalue weighted by molar-refractivity contribution is -0.138. The highest BCUT2D eigenvalue weighted by molar-refractivity contribution is 5.76. The van der Waals surface area contributed by atoms with Crippen molar-refractivity contribution in [3.63, 3.8) is 0 Å². The number of hydrogen-bond acceptors (Lipinski definition) is 3. The molecular weight excluding hydrogens is 272 g/mol. The first kappa shape index (κ1) is 15.3. The number of carboxylic acids is 1. The van der Waals surface area contributed by atoms with E-state index in [9.17, 15) is 9.59 Å². The molecule has 1 aliphatic heterocycles. The van der Waals surface area contributed by atoms with Gasteiger partial charge < -0.3 is 20.3 Å². The predicted octanol–water partition coefficient (Wildman–Crippen LogP) is 1.38. The fraction of sp³-hybridized carbons (Fsp3) is 0.643. The number of carboxylic acid groups (broad SMARTS) is 1. The third-order valence-electron chi connectivity index (χ3n) is 3.72. The number of aromatic amines is 1. The van der Waals surface area contributed by atoms with E-state index in [0.717, 1.165) is 37.9 Å². The lowest BCUT2D eigenvalue weighted by Gasteiger charge is -2.34. The number of aromatic nitrogens is 2. The van der Waals surface area contributed by atoms with Crippen LogP contribution in [0.4, 0.5) is 4.79 Å². The normalized spacial score (nSPS) is 18.5. The van der Waals surface area contributed by atoms with Gasteiger partial charge in [0.1, 0.15) is 5.82 Å². The second-order valence-corrected chi connectivity index (χ2v) is 5.31. The van der Waals surface area contributed by atoms with Crippen LogP contribution in [0, 0.1) is 0 Å². The molecule has 116 valence electrons. The molecule has 1 aromatic heterocycles. The van der Waals surface area contributed by atoms with Gasteiger partial charge in [-0.3, -0.25) is 4.79 Å². The van der Waals surface area contributed by atoms with Crippen LogP contribution in [0.25, 0.3) is 0 Å². The number of imidazole rings is 1. The molecule has 2 rings (SSSR count). The summed E-state index contributed by atoms with van der Waals surface area (Å²) in [6.07, 6.45) is 7.79. The first-order valence-corrected chi connectivity index (χ1v) is 7.41. The Bertz CT molecular complexity index is 461. The van der Waals surface area contributed by atoms with Crippen molar-refractivity contribution < 1.29 is 14.7 Å². The number of piperidine rings is 1. The van der Waals surface area contributed by atoms with Crippen molar-refractivity contribution in [2.75, 3.05) is 13.1 Å². The third-order valence-corrected chi connectivity index (χ3v) is 3.72. The van der Waals surface area contributed by atoms with Crippen LogP contribution in [0.1, 0.15) is 37.9 Å². The Morgan fingerprint density at radius 1 is 1.48 bits per heavy atom. The van der Waals surface area contributed by atoms with Crippen molar-refractivity contribution in [3.05, 3.63) is 18.2 Å². The maximum absolute atomic E-state index is 12.1. The number of carbonyl (C=O) groups is 2. The Hall–Kier alpha value is -2.05. The minimum Gasteiger partial charge on any atom is -0.481 e. The third kappa shape index (κ3) is 4.77. The number of nitrogens with zero attached hydrogens (tertiary/aromatic N) is 2. The summed E-state index contributed by atoms with van der Waals surface area (Å²) in [5.74, 6) is 0.0588. The van der Waals surface area contributed by atoms with Crippen LogP contribution in [0.3, 0.4) is 0 Å². The smallest absolute Gasteiger partial charge is 0.317 e. The maximum Gasteiger partial charge on any atom is 0.317 e. The van der Waals surface area contributed by atoms with Gasteiger partial charge in [0, 0.05) is 37.9 Å². The number of urea groups is 1.